The summed E-state index contributed by atoms with van der Waals surface area (Å²) in [5.41, 5.74) is -1.74. The van der Waals surface area contributed by atoms with E-state index in [9.17, 15) is 22.3 Å². The predicted octanol–water partition coefficient (Wildman–Crippen LogP) is 2.00. The Balaban J connectivity index is 2.83. The molecule has 0 aromatic heterocycles. The lowest BCUT2D eigenvalue weighted by atomic mass is 9.91. The van der Waals surface area contributed by atoms with Crippen molar-refractivity contribution in [2.24, 2.45) is 0 Å². The van der Waals surface area contributed by atoms with E-state index in [1.54, 1.807) is 0 Å². The molecule has 0 spiro atoms. The molecule has 0 aliphatic carbocycles. The molecular formula is C12H16F2O3S. The first-order valence-electron chi connectivity index (χ1n) is 5.48. The van der Waals surface area contributed by atoms with Crippen LogP contribution in [-0.2, 0) is 15.4 Å². The van der Waals surface area contributed by atoms with Gasteiger partial charge in [-0.25, -0.2) is 17.2 Å². The van der Waals surface area contributed by atoms with Crippen molar-refractivity contribution in [1.29, 1.82) is 0 Å². The summed E-state index contributed by atoms with van der Waals surface area (Å²) in [6.45, 7) is 1.34. The van der Waals surface area contributed by atoms with Crippen LogP contribution in [0.2, 0.25) is 0 Å². The number of hydrogen-bond donors (Lipinski definition) is 1. The molecule has 3 nitrogen and oxygen atoms in total. The van der Waals surface area contributed by atoms with E-state index < -0.39 is 27.1 Å². The van der Waals surface area contributed by atoms with Crippen LogP contribution in [0.3, 0.4) is 0 Å². The second-order valence-corrected chi connectivity index (χ2v) is 6.87. The molecule has 6 heteroatoms. The highest BCUT2D eigenvalue weighted by Gasteiger charge is 2.27. The fourth-order valence-electron chi connectivity index (χ4n) is 1.73. The van der Waals surface area contributed by atoms with E-state index in [1.165, 1.54) is 19.1 Å². The average molecular weight is 278 g/mol. The summed E-state index contributed by atoms with van der Waals surface area (Å²) >= 11 is 0. The standard InChI is InChI=1S/C12H16F2O3S/c1-12(15,7-4-8-18(2,16)17)9-5-3-6-10(13)11(9)14/h3,5-6,15H,4,7-8H2,1-2H3. The van der Waals surface area contributed by atoms with E-state index >= 15 is 0 Å². The molecule has 1 N–H and O–H groups in total. The van der Waals surface area contributed by atoms with Crippen molar-refractivity contribution < 1.29 is 22.3 Å². The summed E-state index contributed by atoms with van der Waals surface area (Å²) in [7, 11) is -3.13. The molecule has 0 bridgehead atoms. The van der Waals surface area contributed by atoms with Gasteiger partial charge in [-0.15, -0.1) is 0 Å². The highest BCUT2D eigenvalue weighted by atomic mass is 32.2. The zero-order valence-electron chi connectivity index (χ0n) is 10.3. The molecule has 1 rings (SSSR count). The minimum atomic E-state index is -3.13. The number of sulfone groups is 1. The van der Waals surface area contributed by atoms with Crippen LogP contribution in [0.4, 0.5) is 8.78 Å². The molecule has 0 amide bonds. The third-order valence-electron chi connectivity index (χ3n) is 2.71. The van der Waals surface area contributed by atoms with E-state index in [0.29, 0.717) is 0 Å². The molecule has 1 unspecified atom stereocenters. The fraction of sp³-hybridized carbons (Fsp3) is 0.500. The van der Waals surface area contributed by atoms with Crippen molar-refractivity contribution in [2.45, 2.75) is 25.4 Å². The van der Waals surface area contributed by atoms with Gasteiger partial charge in [0.25, 0.3) is 0 Å². The molecule has 0 aliphatic heterocycles. The largest absolute Gasteiger partial charge is 0.385 e. The zero-order valence-corrected chi connectivity index (χ0v) is 11.1. The van der Waals surface area contributed by atoms with Crippen molar-refractivity contribution in [3.8, 4) is 0 Å². The van der Waals surface area contributed by atoms with Gasteiger partial charge in [-0.05, 0) is 25.8 Å². The number of hydrogen-bond acceptors (Lipinski definition) is 3. The maximum Gasteiger partial charge on any atom is 0.164 e. The molecule has 102 valence electrons. The lowest BCUT2D eigenvalue weighted by Crippen LogP contribution is -2.24. The minimum Gasteiger partial charge on any atom is -0.385 e. The van der Waals surface area contributed by atoms with Crippen molar-refractivity contribution in [2.75, 3.05) is 12.0 Å². The summed E-state index contributed by atoms with van der Waals surface area (Å²) in [6.07, 6.45) is 1.31. The molecule has 0 radical (unpaired) electrons. The van der Waals surface area contributed by atoms with Crippen LogP contribution in [0.1, 0.15) is 25.3 Å². The van der Waals surface area contributed by atoms with Gasteiger partial charge in [0, 0.05) is 17.6 Å². The molecule has 0 saturated carbocycles. The summed E-state index contributed by atoms with van der Waals surface area (Å²) in [4.78, 5) is 0. The van der Waals surface area contributed by atoms with E-state index in [1.807, 2.05) is 0 Å². The van der Waals surface area contributed by atoms with Crippen LogP contribution in [0.5, 0.6) is 0 Å². The number of aliphatic hydroxyl groups is 1. The van der Waals surface area contributed by atoms with Gasteiger partial charge in [-0.3, -0.25) is 0 Å². The van der Waals surface area contributed by atoms with Gasteiger partial charge in [0.2, 0.25) is 0 Å². The van der Waals surface area contributed by atoms with Crippen LogP contribution in [0, 0.1) is 11.6 Å². The lowest BCUT2D eigenvalue weighted by Gasteiger charge is -2.24. The first kappa shape index (κ1) is 15.0. The third kappa shape index (κ3) is 4.03. The smallest absolute Gasteiger partial charge is 0.164 e. The number of halogens is 2. The Morgan fingerprint density at radius 3 is 2.50 bits per heavy atom. The fourth-order valence-corrected chi connectivity index (χ4v) is 2.40. The van der Waals surface area contributed by atoms with E-state index in [0.717, 1.165) is 12.3 Å². The second-order valence-electron chi connectivity index (χ2n) is 4.61. The molecule has 1 aromatic rings. The average Bonchev–Trinajstić information content (AvgIpc) is 2.19. The van der Waals surface area contributed by atoms with Gasteiger partial charge in [-0.2, -0.15) is 0 Å². The highest BCUT2D eigenvalue weighted by molar-refractivity contribution is 7.90. The first-order chi connectivity index (χ1) is 8.13. The topological polar surface area (TPSA) is 54.4 Å². The van der Waals surface area contributed by atoms with Crippen LogP contribution in [-0.4, -0.2) is 25.5 Å². The molecule has 0 saturated heterocycles. The molecule has 1 atom stereocenters. The quantitative estimate of drug-likeness (QED) is 0.896. The number of benzene rings is 1. The first-order valence-corrected chi connectivity index (χ1v) is 7.54. The van der Waals surface area contributed by atoms with Crippen molar-refractivity contribution in [3.63, 3.8) is 0 Å². The van der Waals surface area contributed by atoms with Crippen molar-refractivity contribution in [1.82, 2.24) is 0 Å². The Bertz CT molecular complexity index is 524. The minimum absolute atomic E-state index is 0.0421. The Labute approximate surface area is 105 Å². The molecule has 0 heterocycles. The van der Waals surface area contributed by atoms with Gasteiger partial charge < -0.3 is 5.11 Å². The Kier molecular flexibility index (Phi) is 4.45. The summed E-state index contributed by atoms with van der Waals surface area (Å²) in [5.74, 6) is -2.22. The number of rotatable bonds is 5. The highest BCUT2D eigenvalue weighted by Crippen LogP contribution is 2.29. The molecular weight excluding hydrogens is 262 g/mol. The molecule has 1 aromatic carbocycles. The van der Waals surface area contributed by atoms with Crippen LogP contribution < -0.4 is 0 Å². The third-order valence-corrected chi connectivity index (χ3v) is 3.74. The van der Waals surface area contributed by atoms with E-state index in [2.05, 4.69) is 0 Å². The van der Waals surface area contributed by atoms with Crippen LogP contribution >= 0.6 is 0 Å². The summed E-state index contributed by atoms with van der Waals surface area (Å²) in [6, 6.07) is 3.56. The zero-order chi connectivity index (χ0) is 14.0. The normalized spacial score (nSPS) is 15.4. The Morgan fingerprint density at radius 1 is 1.33 bits per heavy atom. The monoisotopic (exact) mass is 278 g/mol. The Morgan fingerprint density at radius 2 is 1.94 bits per heavy atom. The van der Waals surface area contributed by atoms with Crippen LogP contribution in [0.15, 0.2) is 18.2 Å². The predicted molar refractivity (Wildman–Crippen MR) is 64.9 cm³/mol. The van der Waals surface area contributed by atoms with Gasteiger partial charge in [0.05, 0.1) is 5.60 Å². The SMILES string of the molecule is CC(O)(CCCS(C)(=O)=O)c1cccc(F)c1F. The van der Waals surface area contributed by atoms with Crippen LogP contribution in [0.25, 0.3) is 0 Å². The maximum atomic E-state index is 13.5. The van der Waals surface area contributed by atoms with Crippen molar-refractivity contribution in [3.05, 3.63) is 35.4 Å². The second kappa shape index (κ2) is 5.32. The van der Waals surface area contributed by atoms with Gasteiger partial charge in [-0.1, -0.05) is 12.1 Å². The summed E-state index contributed by atoms with van der Waals surface area (Å²) < 4.78 is 48.5. The lowest BCUT2D eigenvalue weighted by molar-refractivity contribution is 0.0428. The van der Waals surface area contributed by atoms with E-state index in [4.69, 9.17) is 0 Å². The Hall–Kier alpha value is -1.01. The maximum absolute atomic E-state index is 13.5. The summed E-state index contributed by atoms with van der Waals surface area (Å²) in [5, 5.41) is 10.1. The molecule has 0 fully saturated rings. The van der Waals surface area contributed by atoms with Gasteiger partial charge >= 0.3 is 0 Å². The molecule has 0 aliphatic rings. The van der Waals surface area contributed by atoms with Gasteiger partial charge in [0.15, 0.2) is 11.6 Å². The van der Waals surface area contributed by atoms with E-state index in [-0.39, 0.29) is 24.2 Å². The van der Waals surface area contributed by atoms with Crippen molar-refractivity contribution >= 4 is 9.84 Å². The van der Waals surface area contributed by atoms with Gasteiger partial charge in [0.1, 0.15) is 9.84 Å². The molecule has 18 heavy (non-hydrogen) atoms.